The number of alkyl halides is 1. The van der Waals surface area contributed by atoms with E-state index < -0.39 is 11.6 Å². The van der Waals surface area contributed by atoms with E-state index in [0.717, 1.165) is 13.1 Å². The minimum Gasteiger partial charge on any atom is -0.353 e. The van der Waals surface area contributed by atoms with Crippen molar-refractivity contribution in [3.63, 3.8) is 0 Å². The number of amides is 1. The van der Waals surface area contributed by atoms with Gasteiger partial charge in [-0.05, 0) is 6.54 Å². The summed E-state index contributed by atoms with van der Waals surface area (Å²) < 4.78 is 13.8. The molecule has 1 unspecified atom stereocenters. The largest absolute Gasteiger partial charge is 0.353 e. The highest BCUT2D eigenvalue weighted by atomic mass is 35.5. The lowest BCUT2D eigenvalue weighted by atomic mass is 10.0. The molecule has 0 aromatic carbocycles. The molecule has 88 valence electrons. The second-order valence-electron chi connectivity index (χ2n) is 4.13. The van der Waals surface area contributed by atoms with Gasteiger partial charge in [0.1, 0.15) is 0 Å². The van der Waals surface area contributed by atoms with Gasteiger partial charge < -0.3 is 16.0 Å². The monoisotopic (exact) mass is 237 g/mol. The number of nitrogens with one attached hydrogen (secondary N) is 3. The van der Waals surface area contributed by atoms with E-state index in [1.165, 1.54) is 0 Å². The van der Waals surface area contributed by atoms with Gasteiger partial charge in [-0.25, -0.2) is 4.39 Å². The van der Waals surface area contributed by atoms with Gasteiger partial charge in [0.05, 0.1) is 0 Å². The fraction of sp³-hybridized carbons (Fsp3) is 0.889. The first-order chi connectivity index (χ1) is 6.71. The Kier molecular flexibility index (Phi) is 4.31. The van der Waals surface area contributed by atoms with Gasteiger partial charge in [0.25, 0.3) is 5.91 Å². The third-order valence-electron chi connectivity index (χ3n) is 2.93. The number of hydrogen-bond donors (Lipinski definition) is 3. The molecule has 2 heterocycles. The molecule has 15 heavy (non-hydrogen) atoms. The van der Waals surface area contributed by atoms with Gasteiger partial charge in [0, 0.05) is 38.5 Å². The molecule has 0 radical (unpaired) electrons. The molecule has 2 aliphatic heterocycles. The summed E-state index contributed by atoms with van der Waals surface area (Å²) in [5.41, 5.74) is -1.67. The molecule has 2 fully saturated rings. The van der Waals surface area contributed by atoms with Crippen LogP contribution in [0.1, 0.15) is 6.42 Å². The van der Waals surface area contributed by atoms with Crippen LogP contribution in [0.3, 0.4) is 0 Å². The Labute approximate surface area is 94.8 Å². The molecule has 1 atom stereocenters. The summed E-state index contributed by atoms with van der Waals surface area (Å²) in [6, 6.07) is 0. The zero-order chi connectivity index (χ0) is 10.0. The van der Waals surface area contributed by atoms with Gasteiger partial charge in [-0.15, -0.1) is 12.4 Å². The first kappa shape index (κ1) is 12.7. The first-order valence-electron chi connectivity index (χ1n) is 5.09. The van der Waals surface area contributed by atoms with Crippen LogP contribution in [-0.4, -0.2) is 44.3 Å². The Bertz CT molecular complexity index is 229. The maximum absolute atomic E-state index is 13.8. The SMILES string of the molecule is Cl.O=C(NCC1CNC1)C1(F)CCNC1. The molecule has 2 rings (SSSR count). The zero-order valence-electron chi connectivity index (χ0n) is 8.51. The Morgan fingerprint density at radius 3 is 2.67 bits per heavy atom. The first-order valence-corrected chi connectivity index (χ1v) is 5.09. The van der Waals surface area contributed by atoms with Crippen LogP contribution in [0.5, 0.6) is 0 Å². The third-order valence-corrected chi connectivity index (χ3v) is 2.93. The van der Waals surface area contributed by atoms with Crippen molar-refractivity contribution in [1.29, 1.82) is 0 Å². The van der Waals surface area contributed by atoms with Crippen molar-refractivity contribution in [2.75, 3.05) is 32.7 Å². The van der Waals surface area contributed by atoms with Crippen LogP contribution in [-0.2, 0) is 4.79 Å². The Balaban J connectivity index is 0.00000112. The molecule has 6 heteroatoms. The van der Waals surface area contributed by atoms with Crippen molar-refractivity contribution in [2.45, 2.75) is 12.1 Å². The predicted octanol–water partition coefficient (Wildman–Crippen LogP) is -0.555. The highest BCUT2D eigenvalue weighted by molar-refractivity contribution is 5.86. The molecule has 1 amide bonds. The van der Waals surface area contributed by atoms with E-state index in [0.29, 0.717) is 25.4 Å². The number of hydrogen-bond acceptors (Lipinski definition) is 3. The zero-order valence-corrected chi connectivity index (χ0v) is 9.33. The van der Waals surface area contributed by atoms with E-state index in [9.17, 15) is 9.18 Å². The van der Waals surface area contributed by atoms with Crippen LogP contribution >= 0.6 is 12.4 Å². The van der Waals surface area contributed by atoms with Crippen LogP contribution in [0.2, 0.25) is 0 Å². The van der Waals surface area contributed by atoms with Crippen molar-refractivity contribution >= 4 is 18.3 Å². The molecular weight excluding hydrogens is 221 g/mol. The predicted molar refractivity (Wildman–Crippen MR) is 57.9 cm³/mol. The normalized spacial score (nSPS) is 30.5. The summed E-state index contributed by atoms with van der Waals surface area (Å²) >= 11 is 0. The molecule has 0 saturated carbocycles. The van der Waals surface area contributed by atoms with Gasteiger partial charge in [-0.1, -0.05) is 0 Å². The summed E-state index contributed by atoms with van der Waals surface area (Å²) in [6.07, 6.45) is 0.293. The van der Waals surface area contributed by atoms with E-state index in [-0.39, 0.29) is 19.0 Å². The van der Waals surface area contributed by atoms with Gasteiger partial charge in [-0.3, -0.25) is 4.79 Å². The number of carbonyl (C=O) groups excluding carboxylic acids is 1. The molecule has 0 bridgehead atoms. The van der Waals surface area contributed by atoms with Crippen molar-refractivity contribution in [1.82, 2.24) is 16.0 Å². The summed E-state index contributed by atoms with van der Waals surface area (Å²) in [4.78, 5) is 11.5. The summed E-state index contributed by atoms with van der Waals surface area (Å²) in [6.45, 7) is 3.20. The van der Waals surface area contributed by atoms with Crippen LogP contribution in [0.15, 0.2) is 0 Å². The molecule has 0 spiro atoms. The molecular formula is C9H17ClFN3O. The highest BCUT2D eigenvalue weighted by Gasteiger charge is 2.41. The van der Waals surface area contributed by atoms with Crippen LogP contribution in [0, 0.1) is 5.92 Å². The van der Waals surface area contributed by atoms with E-state index in [1.807, 2.05) is 0 Å². The quantitative estimate of drug-likeness (QED) is 0.617. The van der Waals surface area contributed by atoms with Gasteiger partial charge >= 0.3 is 0 Å². The van der Waals surface area contributed by atoms with Crippen LogP contribution in [0.25, 0.3) is 0 Å². The van der Waals surface area contributed by atoms with Crippen molar-refractivity contribution in [3.05, 3.63) is 0 Å². The van der Waals surface area contributed by atoms with Crippen LogP contribution in [0.4, 0.5) is 4.39 Å². The maximum Gasteiger partial charge on any atom is 0.259 e. The van der Waals surface area contributed by atoms with Crippen LogP contribution < -0.4 is 16.0 Å². The number of halogens is 2. The van der Waals surface area contributed by atoms with E-state index in [4.69, 9.17) is 0 Å². The molecule has 4 nitrogen and oxygen atoms in total. The number of carbonyl (C=O) groups is 1. The minimum atomic E-state index is -1.67. The van der Waals surface area contributed by atoms with Crippen molar-refractivity contribution < 1.29 is 9.18 Å². The minimum absolute atomic E-state index is 0. The topological polar surface area (TPSA) is 53.2 Å². The average Bonchev–Trinajstić information content (AvgIpc) is 2.50. The Hall–Kier alpha value is -0.390. The molecule has 2 aliphatic rings. The molecule has 2 saturated heterocycles. The summed E-state index contributed by atoms with van der Waals surface area (Å²) in [5, 5.41) is 8.64. The smallest absolute Gasteiger partial charge is 0.259 e. The van der Waals surface area contributed by atoms with Crippen molar-refractivity contribution in [3.8, 4) is 0 Å². The van der Waals surface area contributed by atoms with E-state index >= 15 is 0 Å². The lowest BCUT2D eigenvalue weighted by Gasteiger charge is -2.28. The summed E-state index contributed by atoms with van der Waals surface area (Å²) in [7, 11) is 0. The number of rotatable bonds is 3. The Morgan fingerprint density at radius 1 is 1.47 bits per heavy atom. The van der Waals surface area contributed by atoms with E-state index in [1.54, 1.807) is 0 Å². The third kappa shape index (κ3) is 2.80. The maximum atomic E-state index is 13.8. The lowest BCUT2D eigenvalue weighted by Crippen LogP contribution is -2.52. The molecule has 3 N–H and O–H groups in total. The standard InChI is InChI=1S/C9H16FN3O.ClH/c10-9(1-2-11-6-9)8(14)13-5-7-3-12-4-7;/h7,11-12H,1-6H2,(H,13,14);1H. The van der Waals surface area contributed by atoms with Gasteiger partial charge in [-0.2, -0.15) is 0 Å². The molecule has 0 aromatic rings. The second-order valence-corrected chi connectivity index (χ2v) is 4.13. The Morgan fingerprint density at radius 2 is 2.20 bits per heavy atom. The van der Waals surface area contributed by atoms with Gasteiger partial charge in [0.2, 0.25) is 5.67 Å². The van der Waals surface area contributed by atoms with Crippen molar-refractivity contribution in [2.24, 2.45) is 5.92 Å². The average molecular weight is 238 g/mol. The molecule has 0 aliphatic carbocycles. The lowest BCUT2D eigenvalue weighted by molar-refractivity contribution is -0.131. The second kappa shape index (κ2) is 5.09. The fourth-order valence-corrected chi connectivity index (χ4v) is 1.74. The molecule has 0 aromatic heterocycles. The van der Waals surface area contributed by atoms with E-state index in [2.05, 4.69) is 16.0 Å². The fourth-order valence-electron chi connectivity index (χ4n) is 1.74. The summed E-state index contributed by atoms with van der Waals surface area (Å²) in [5.74, 6) is 0.0336. The highest BCUT2D eigenvalue weighted by Crippen LogP contribution is 2.19. The van der Waals surface area contributed by atoms with Gasteiger partial charge in [0.15, 0.2) is 0 Å².